The number of nitrogens with one attached hydrogen (secondary N) is 1. The summed E-state index contributed by atoms with van der Waals surface area (Å²) in [5.41, 5.74) is 12.3. The number of thioether (sulfide) groups is 1. The van der Waals surface area contributed by atoms with E-state index in [1.54, 1.807) is 5.41 Å². The number of aromatic nitrogens is 2. The van der Waals surface area contributed by atoms with Gasteiger partial charge in [-0.1, -0.05) is 72.9 Å². The second-order valence-electron chi connectivity index (χ2n) is 8.48. The minimum Gasteiger partial charge on any atom is -0.399 e. The maximum absolute atomic E-state index is 13.1. The maximum atomic E-state index is 13.1. The van der Waals surface area contributed by atoms with Gasteiger partial charge in [-0.15, -0.1) is 0 Å². The van der Waals surface area contributed by atoms with Crippen LogP contribution in [0.15, 0.2) is 78.7 Å². The Labute approximate surface area is 209 Å². The van der Waals surface area contributed by atoms with E-state index >= 15 is 0 Å². The van der Waals surface area contributed by atoms with E-state index in [9.17, 15) is 4.79 Å². The number of fused-ring (bicyclic) bond motifs is 4. The van der Waals surface area contributed by atoms with Gasteiger partial charge in [-0.2, -0.15) is 0 Å². The lowest BCUT2D eigenvalue weighted by atomic mass is 9.91. The van der Waals surface area contributed by atoms with Gasteiger partial charge in [-0.3, -0.25) is 4.79 Å². The summed E-state index contributed by atoms with van der Waals surface area (Å²) in [5, 5.41) is 7.07. The Hall–Kier alpha value is -3.90. The molecule has 0 aliphatic heterocycles. The van der Waals surface area contributed by atoms with Crippen LogP contribution in [0.1, 0.15) is 29.4 Å². The third kappa shape index (κ3) is 4.70. The second-order valence-corrected chi connectivity index (χ2v) is 9.49. The molecule has 0 atom stereocenters. The van der Waals surface area contributed by atoms with E-state index in [-0.39, 0.29) is 12.3 Å². The molecule has 0 radical (unpaired) electrons. The SMILES string of the molecule is C=CS/C(=C\C)c1nc2c(nc1NC(=O)Cc1ccc3ccccc3c1)CCc1cc(N)ccc1-2. The normalized spacial score (nSPS) is 12.7. The van der Waals surface area contributed by atoms with Crippen LogP contribution in [0.5, 0.6) is 0 Å². The van der Waals surface area contributed by atoms with Crippen molar-refractivity contribution in [1.29, 1.82) is 0 Å². The van der Waals surface area contributed by atoms with Crippen molar-refractivity contribution >= 4 is 44.9 Å². The first kappa shape index (κ1) is 22.9. The molecule has 1 heterocycles. The molecule has 6 heteroatoms. The highest BCUT2D eigenvalue weighted by Crippen LogP contribution is 2.38. The minimum absolute atomic E-state index is 0.126. The standard InChI is InChI=1S/C29H26N4OS/c1-3-25(35-4-2)28-29(31-24-14-11-21-17-22(30)12-13-23(21)27(24)33-28)32-26(34)16-18-9-10-19-7-5-6-8-20(19)15-18/h3-10,12-13,15,17H,2,11,14,16,30H2,1H3,(H,31,32,34)/b25-3-. The quantitative estimate of drug-likeness (QED) is 0.314. The molecule has 1 aliphatic rings. The van der Waals surface area contributed by atoms with Crippen LogP contribution >= 0.6 is 11.8 Å². The minimum atomic E-state index is -0.126. The summed E-state index contributed by atoms with van der Waals surface area (Å²) in [4.78, 5) is 23.9. The molecule has 0 bridgehead atoms. The van der Waals surface area contributed by atoms with Crippen molar-refractivity contribution in [3.05, 3.63) is 101 Å². The summed E-state index contributed by atoms with van der Waals surface area (Å²) in [5.74, 6) is 0.356. The smallest absolute Gasteiger partial charge is 0.230 e. The lowest BCUT2D eigenvalue weighted by molar-refractivity contribution is -0.115. The van der Waals surface area contributed by atoms with Gasteiger partial charge in [-0.25, -0.2) is 9.97 Å². The predicted molar refractivity (Wildman–Crippen MR) is 147 cm³/mol. The molecule has 0 saturated carbocycles. The number of amides is 1. The van der Waals surface area contributed by atoms with Crippen molar-refractivity contribution in [2.75, 3.05) is 11.1 Å². The zero-order valence-electron chi connectivity index (χ0n) is 19.5. The highest BCUT2D eigenvalue weighted by molar-refractivity contribution is 8.10. The Bertz CT molecular complexity index is 1490. The summed E-state index contributed by atoms with van der Waals surface area (Å²) < 4.78 is 0. The van der Waals surface area contributed by atoms with Gasteiger partial charge in [0, 0.05) is 16.2 Å². The van der Waals surface area contributed by atoms with Crippen molar-refractivity contribution in [1.82, 2.24) is 9.97 Å². The van der Waals surface area contributed by atoms with E-state index < -0.39 is 0 Å². The van der Waals surface area contributed by atoms with Crippen LogP contribution in [0.3, 0.4) is 0 Å². The molecule has 5 rings (SSSR count). The van der Waals surface area contributed by atoms with Gasteiger partial charge < -0.3 is 11.1 Å². The summed E-state index contributed by atoms with van der Waals surface area (Å²) in [7, 11) is 0. The molecule has 0 spiro atoms. The number of anilines is 2. The fourth-order valence-electron chi connectivity index (χ4n) is 4.48. The number of benzene rings is 3. The summed E-state index contributed by atoms with van der Waals surface area (Å²) in [6.07, 6.45) is 3.80. The third-order valence-electron chi connectivity index (χ3n) is 6.13. The van der Waals surface area contributed by atoms with Crippen LogP contribution < -0.4 is 11.1 Å². The van der Waals surface area contributed by atoms with Crippen LogP contribution in [0.25, 0.3) is 26.9 Å². The Kier molecular flexibility index (Phi) is 6.38. The van der Waals surface area contributed by atoms with Crippen LogP contribution in [-0.4, -0.2) is 15.9 Å². The molecule has 174 valence electrons. The number of carbonyl (C=O) groups excluding carboxylic acids is 1. The molecular formula is C29H26N4OS. The van der Waals surface area contributed by atoms with Gasteiger partial charge in [-0.05, 0) is 59.2 Å². The van der Waals surface area contributed by atoms with E-state index in [1.165, 1.54) is 17.3 Å². The molecule has 35 heavy (non-hydrogen) atoms. The molecule has 0 fully saturated rings. The zero-order valence-corrected chi connectivity index (χ0v) is 20.4. The number of nitrogen functional groups attached to an aromatic ring is 1. The number of carbonyl (C=O) groups is 1. The van der Waals surface area contributed by atoms with Gasteiger partial charge >= 0.3 is 0 Å². The molecule has 1 aliphatic carbocycles. The van der Waals surface area contributed by atoms with Gasteiger partial charge in [0.2, 0.25) is 5.91 Å². The number of rotatable bonds is 6. The largest absolute Gasteiger partial charge is 0.399 e. The van der Waals surface area contributed by atoms with Gasteiger partial charge in [0.15, 0.2) is 5.82 Å². The van der Waals surface area contributed by atoms with E-state index in [1.807, 2.05) is 55.5 Å². The third-order valence-corrected chi connectivity index (χ3v) is 6.98. The van der Waals surface area contributed by atoms with Crippen molar-refractivity contribution in [2.24, 2.45) is 0 Å². The van der Waals surface area contributed by atoms with Gasteiger partial charge in [0.1, 0.15) is 5.69 Å². The van der Waals surface area contributed by atoms with Gasteiger partial charge in [0.25, 0.3) is 0 Å². The number of nitrogens with two attached hydrogens (primary N) is 1. The molecular weight excluding hydrogens is 452 g/mol. The van der Waals surface area contributed by atoms with Crippen LogP contribution in [0.4, 0.5) is 11.5 Å². The Morgan fingerprint density at radius 2 is 1.91 bits per heavy atom. The van der Waals surface area contributed by atoms with E-state index in [0.717, 1.165) is 56.7 Å². The highest BCUT2D eigenvalue weighted by atomic mass is 32.2. The number of hydrogen-bond donors (Lipinski definition) is 2. The first-order valence-corrected chi connectivity index (χ1v) is 12.4. The van der Waals surface area contributed by atoms with E-state index in [4.69, 9.17) is 15.7 Å². The summed E-state index contributed by atoms with van der Waals surface area (Å²) in [6.45, 7) is 5.80. The second kappa shape index (κ2) is 9.76. The van der Waals surface area contributed by atoms with E-state index in [2.05, 4.69) is 30.1 Å². The zero-order chi connectivity index (χ0) is 24.4. The Balaban J connectivity index is 1.50. The molecule has 4 aromatic rings. The maximum Gasteiger partial charge on any atom is 0.230 e. The molecule has 5 nitrogen and oxygen atoms in total. The average Bonchev–Trinajstić information content (AvgIpc) is 2.86. The van der Waals surface area contributed by atoms with Crippen molar-refractivity contribution in [3.63, 3.8) is 0 Å². The molecule has 3 aromatic carbocycles. The number of hydrogen-bond acceptors (Lipinski definition) is 5. The lowest BCUT2D eigenvalue weighted by Crippen LogP contribution is -2.19. The average molecular weight is 479 g/mol. The van der Waals surface area contributed by atoms with Crippen molar-refractivity contribution < 1.29 is 4.79 Å². The van der Waals surface area contributed by atoms with Crippen LogP contribution in [0, 0.1) is 0 Å². The fraction of sp³-hybridized carbons (Fsp3) is 0.138. The number of allylic oxidation sites excluding steroid dienone is 1. The van der Waals surface area contributed by atoms with Crippen LogP contribution in [0.2, 0.25) is 0 Å². The first-order chi connectivity index (χ1) is 17.1. The summed E-state index contributed by atoms with van der Waals surface area (Å²) in [6, 6.07) is 20.1. The Morgan fingerprint density at radius 1 is 1.09 bits per heavy atom. The van der Waals surface area contributed by atoms with Gasteiger partial charge in [0.05, 0.1) is 17.8 Å². The van der Waals surface area contributed by atoms with Crippen LogP contribution in [-0.2, 0) is 24.1 Å². The molecule has 0 unspecified atom stereocenters. The fourth-order valence-corrected chi connectivity index (χ4v) is 5.05. The first-order valence-electron chi connectivity index (χ1n) is 11.6. The molecule has 1 amide bonds. The molecule has 1 aromatic heterocycles. The molecule has 3 N–H and O–H groups in total. The number of nitrogens with zero attached hydrogens (tertiary/aromatic N) is 2. The monoisotopic (exact) mass is 478 g/mol. The topological polar surface area (TPSA) is 80.9 Å². The van der Waals surface area contributed by atoms with Crippen molar-refractivity contribution in [3.8, 4) is 11.3 Å². The molecule has 0 saturated heterocycles. The predicted octanol–water partition coefficient (Wildman–Crippen LogP) is 6.40. The number of aryl methyl sites for hydroxylation is 2. The summed E-state index contributed by atoms with van der Waals surface area (Å²) >= 11 is 1.46. The van der Waals surface area contributed by atoms with Crippen molar-refractivity contribution in [2.45, 2.75) is 26.2 Å². The highest BCUT2D eigenvalue weighted by Gasteiger charge is 2.24. The van der Waals surface area contributed by atoms with E-state index in [0.29, 0.717) is 11.5 Å². The lowest BCUT2D eigenvalue weighted by Gasteiger charge is -2.21. The Morgan fingerprint density at radius 3 is 2.71 bits per heavy atom.